The van der Waals surface area contributed by atoms with Crippen molar-refractivity contribution in [1.29, 1.82) is 0 Å². The van der Waals surface area contributed by atoms with Gasteiger partial charge in [0.2, 0.25) is 5.91 Å². The number of primary amides is 1. The second-order valence-corrected chi connectivity index (χ2v) is 4.97. The molecule has 0 aliphatic carbocycles. The zero-order chi connectivity index (χ0) is 13.6. The number of ether oxygens (including phenoxy) is 1. The van der Waals surface area contributed by atoms with Crippen molar-refractivity contribution in [2.75, 3.05) is 0 Å². The molecule has 0 aromatic rings. The molecule has 0 saturated heterocycles. The molecule has 0 bridgehead atoms. The first-order chi connectivity index (χ1) is 7.63. The van der Waals surface area contributed by atoms with Crippen LogP contribution in [0, 0.1) is 0 Å². The highest BCUT2D eigenvalue weighted by Gasteiger charge is 2.21. The van der Waals surface area contributed by atoms with E-state index in [2.05, 4.69) is 0 Å². The number of carbonyl (C=O) groups excluding carboxylic acids is 2. The Hall–Kier alpha value is -1.36. The molecule has 0 aromatic carbocycles. The summed E-state index contributed by atoms with van der Waals surface area (Å²) in [7, 11) is 0. The molecular weight excluding hydrogens is 220 g/mol. The minimum Gasteiger partial charge on any atom is -0.459 e. The summed E-state index contributed by atoms with van der Waals surface area (Å²) in [6, 6.07) is -0.675. The normalized spacial score (nSPS) is 14.3. The van der Waals surface area contributed by atoms with Gasteiger partial charge in [-0.2, -0.15) is 0 Å². The fourth-order valence-corrected chi connectivity index (χ4v) is 1.08. The van der Waals surface area contributed by atoms with Crippen LogP contribution in [-0.2, 0) is 14.3 Å². The molecule has 4 N–H and O–H groups in total. The van der Waals surface area contributed by atoms with E-state index in [4.69, 9.17) is 16.2 Å². The van der Waals surface area contributed by atoms with Gasteiger partial charge in [-0.25, -0.2) is 0 Å². The van der Waals surface area contributed by atoms with Crippen LogP contribution in [0.2, 0.25) is 0 Å². The van der Waals surface area contributed by atoms with E-state index >= 15 is 0 Å². The summed E-state index contributed by atoms with van der Waals surface area (Å²) in [4.78, 5) is 22.2. The number of esters is 1. The molecule has 1 atom stereocenters. The van der Waals surface area contributed by atoms with E-state index in [1.54, 1.807) is 33.8 Å². The van der Waals surface area contributed by atoms with Gasteiger partial charge in [0.1, 0.15) is 11.6 Å². The summed E-state index contributed by atoms with van der Waals surface area (Å²) < 4.78 is 5.13. The maximum absolute atomic E-state index is 11.5. The van der Waals surface area contributed by atoms with Gasteiger partial charge < -0.3 is 16.2 Å². The maximum atomic E-state index is 11.5. The van der Waals surface area contributed by atoms with Gasteiger partial charge in [-0.3, -0.25) is 9.59 Å². The summed E-state index contributed by atoms with van der Waals surface area (Å²) in [6.07, 6.45) is 2.63. The lowest BCUT2D eigenvalue weighted by Gasteiger charge is -2.21. The Labute approximate surface area is 102 Å². The van der Waals surface area contributed by atoms with Crippen molar-refractivity contribution >= 4 is 11.9 Å². The Bertz CT molecular complexity index is 316. The first kappa shape index (κ1) is 15.6. The van der Waals surface area contributed by atoms with Gasteiger partial charge in [-0.05, 0) is 40.5 Å². The van der Waals surface area contributed by atoms with Crippen LogP contribution in [0.15, 0.2) is 11.6 Å². The fourth-order valence-electron chi connectivity index (χ4n) is 1.08. The summed E-state index contributed by atoms with van der Waals surface area (Å²) in [5, 5.41) is 0. The Kier molecular flexibility index (Phi) is 5.88. The number of rotatable bonds is 5. The third-order valence-electron chi connectivity index (χ3n) is 2.03. The maximum Gasteiger partial charge on any atom is 0.323 e. The van der Waals surface area contributed by atoms with Crippen LogP contribution in [-0.4, -0.2) is 23.5 Å². The molecular formula is C12H22N2O3. The number of amides is 1. The van der Waals surface area contributed by atoms with Crippen molar-refractivity contribution in [3.63, 3.8) is 0 Å². The van der Waals surface area contributed by atoms with Crippen molar-refractivity contribution in [3.05, 3.63) is 11.6 Å². The Balaban J connectivity index is 4.11. The molecule has 17 heavy (non-hydrogen) atoms. The Morgan fingerprint density at radius 3 is 2.29 bits per heavy atom. The molecule has 98 valence electrons. The van der Waals surface area contributed by atoms with Gasteiger partial charge in [0.05, 0.1) is 0 Å². The Morgan fingerprint density at radius 2 is 1.88 bits per heavy atom. The zero-order valence-electron chi connectivity index (χ0n) is 10.9. The van der Waals surface area contributed by atoms with E-state index in [9.17, 15) is 9.59 Å². The topological polar surface area (TPSA) is 95.4 Å². The van der Waals surface area contributed by atoms with Gasteiger partial charge in [0, 0.05) is 5.57 Å². The van der Waals surface area contributed by atoms with Gasteiger partial charge >= 0.3 is 5.97 Å². The Morgan fingerprint density at radius 1 is 1.35 bits per heavy atom. The molecule has 0 radical (unpaired) electrons. The molecule has 0 aliphatic rings. The molecule has 0 aliphatic heterocycles. The standard InChI is InChI=1S/C12H22N2O3/c1-8(10(14)15)6-5-7-9(13)11(16)17-12(2,3)4/h6,9H,5,7,13H2,1-4H3,(H2,14,15). The van der Waals surface area contributed by atoms with Gasteiger partial charge in [0.15, 0.2) is 0 Å². The highest BCUT2D eigenvalue weighted by molar-refractivity contribution is 5.91. The lowest BCUT2D eigenvalue weighted by molar-refractivity contribution is -0.156. The fraction of sp³-hybridized carbons (Fsp3) is 0.667. The van der Waals surface area contributed by atoms with Crippen molar-refractivity contribution in [3.8, 4) is 0 Å². The van der Waals surface area contributed by atoms with E-state index in [-0.39, 0.29) is 0 Å². The predicted octanol–water partition coefficient (Wildman–Crippen LogP) is 0.867. The molecule has 0 heterocycles. The molecule has 5 heteroatoms. The van der Waals surface area contributed by atoms with Crippen molar-refractivity contribution in [2.45, 2.75) is 52.2 Å². The molecule has 0 fully saturated rings. The van der Waals surface area contributed by atoms with Crippen LogP contribution < -0.4 is 11.5 Å². The number of hydrogen-bond donors (Lipinski definition) is 2. The molecule has 0 rings (SSSR count). The van der Waals surface area contributed by atoms with E-state index in [0.717, 1.165) is 0 Å². The minimum absolute atomic E-state index is 0.428. The van der Waals surface area contributed by atoms with Crippen molar-refractivity contribution in [1.82, 2.24) is 0 Å². The van der Waals surface area contributed by atoms with E-state index in [1.807, 2.05) is 0 Å². The quantitative estimate of drug-likeness (QED) is 0.552. The van der Waals surface area contributed by atoms with Crippen LogP contribution in [0.5, 0.6) is 0 Å². The highest BCUT2D eigenvalue weighted by Crippen LogP contribution is 2.10. The highest BCUT2D eigenvalue weighted by atomic mass is 16.6. The van der Waals surface area contributed by atoms with Gasteiger partial charge in [-0.15, -0.1) is 0 Å². The molecule has 0 spiro atoms. The first-order valence-electron chi connectivity index (χ1n) is 5.58. The third kappa shape index (κ3) is 7.52. The number of hydrogen-bond acceptors (Lipinski definition) is 4. The monoisotopic (exact) mass is 242 g/mol. The lowest BCUT2D eigenvalue weighted by atomic mass is 10.1. The molecule has 0 aromatic heterocycles. The summed E-state index contributed by atoms with van der Waals surface area (Å²) in [5.41, 5.74) is 10.7. The third-order valence-corrected chi connectivity index (χ3v) is 2.03. The average Bonchev–Trinajstić information content (AvgIpc) is 2.14. The smallest absolute Gasteiger partial charge is 0.323 e. The van der Waals surface area contributed by atoms with Crippen LogP contribution in [0.3, 0.4) is 0 Å². The lowest BCUT2D eigenvalue weighted by Crippen LogP contribution is -2.37. The number of allylic oxidation sites excluding steroid dienone is 1. The largest absolute Gasteiger partial charge is 0.459 e. The molecule has 5 nitrogen and oxygen atoms in total. The SMILES string of the molecule is CC(=CCCC(N)C(=O)OC(C)(C)C)C(N)=O. The van der Waals surface area contributed by atoms with E-state index in [1.165, 1.54) is 0 Å². The molecule has 1 unspecified atom stereocenters. The minimum atomic E-state index is -0.675. The van der Waals surface area contributed by atoms with Gasteiger partial charge in [-0.1, -0.05) is 6.08 Å². The number of carbonyl (C=O) groups is 2. The van der Waals surface area contributed by atoms with Crippen LogP contribution >= 0.6 is 0 Å². The van der Waals surface area contributed by atoms with E-state index < -0.39 is 23.5 Å². The summed E-state index contributed by atoms with van der Waals surface area (Å²) >= 11 is 0. The van der Waals surface area contributed by atoms with Crippen molar-refractivity contribution in [2.24, 2.45) is 11.5 Å². The average molecular weight is 242 g/mol. The summed E-state index contributed by atoms with van der Waals surface area (Å²) in [5.74, 6) is -0.890. The van der Waals surface area contributed by atoms with Gasteiger partial charge in [0.25, 0.3) is 0 Å². The van der Waals surface area contributed by atoms with Crippen LogP contribution in [0.1, 0.15) is 40.5 Å². The summed E-state index contributed by atoms with van der Waals surface area (Å²) in [6.45, 7) is 6.99. The second-order valence-electron chi connectivity index (χ2n) is 4.97. The number of nitrogens with two attached hydrogens (primary N) is 2. The van der Waals surface area contributed by atoms with Crippen molar-refractivity contribution < 1.29 is 14.3 Å². The molecule has 0 saturated carbocycles. The van der Waals surface area contributed by atoms with E-state index in [0.29, 0.717) is 18.4 Å². The first-order valence-corrected chi connectivity index (χ1v) is 5.58. The molecule has 1 amide bonds. The zero-order valence-corrected chi connectivity index (χ0v) is 10.9. The second kappa shape index (κ2) is 6.39. The van der Waals surface area contributed by atoms with Crippen LogP contribution in [0.4, 0.5) is 0 Å². The van der Waals surface area contributed by atoms with Crippen LogP contribution in [0.25, 0.3) is 0 Å². The predicted molar refractivity (Wildman–Crippen MR) is 66.0 cm³/mol.